The molecular formula is C20H25FN2O2. The van der Waals surface area contributed by atoms with Gasteiger partial charge >= 0.3 is 0 Å². The zero-order valence-corrected chi connectivity index (χ0v) is 14.8. The van der Waals surface area contributed by atoms with E-state index in [2.05, 4.69) is 5.32 Å². The molecule has 0 spiro atoms. The second-order valence-corrected chi connectivity index (χ2v) is 6.29. The fraction of sp³-hybridized carbons (Fsp3) is 0.400. The lowest BCUT2D eigenvalue weighted by atomic mass is 9.95. The molecule has 1 aliphatic rings. The van der Waals surface area contributed by atoms with Gasteiger partial charge in [-0.2, -0.15) is 0 Å². The maximum absolute atomic E-state index is 13.5. The summed E-state index contributed by atoms with van der Waals surface area (Å²) in [4.78, 5) is 26.0. The van der Waals surface area contributed by atoms with E-state index in [-0.39, 0.29) is 23.5 Å². The molecule has 25 heavy (non-hydrogen) atoms. The number of halogens is 1. The number of hydrogen-bond donors (Lipinski definition) is 1. The molecule has 1 aromatic carbocycles. The van der Waals surface area contributed by atoms with Crippen LogP contribution in [0.4, 0.5) is 4.39 Å². The van der Waals surface area contributed by atoms with Gasteiger partial charge in [0.15, 0.2) is 0 Å². The van der Waals surface area contributed by atoms with Crippen LogP contribution in [0.2, 0.25) is 0 Å². The Hall–Kier alpha value is -2.43. The van der Waals surface area contributed by atoms with Crippen molar-refractivity contribution < 1.29 is 14.0 Å². The van der Waals surface area contributed by atoms with Crippen LogP contribution in [0.25, 0.3) is 0 Å². The van der Waals surface area contributed by atoms with Gasteiger partial charge in [0, 0.05) is 31.6 Å². The van der Waals surface area contributed by atoms with E-state index >= 15 is 0 Å². The standard InChI is InChI=1S/C20H25FN2O2/c1-3-4-5-6-19(24)23-11-9-17(10-12-23)20(25)22-14-16-8-7-15(2)18(21)13-16/h3-8,13,17H,9-12,14H2,1-2H3,(H,22,25). The van der Waals surface area contributed by atoms with E-state index in [0.29, 0.717) is 38.0 Å². The molecule has 0 radical (unpaired) electrons. The Kier molecular flexibility index (Phi) is 6.92. The molecule has 4 nitrogen and oxygen atoms in total. The summed E-state index contributed by atoms with van der Waals surface area (Å²) in [5, 5.41) is 2.87. The average molecular weight is 344 g/mol. The molecule has 0 aromatic heterocycles. The summed E-state index contributed by atoms with van der Waals surface area (Å²) in [7, 11) is 0. The Morgan fingerprint density at radius 2 is 2.00 bits per heavy atom. The third kappa shape index (κ3) is 5.55. The first-order valence-corrected chi connectivity index (χ1v) is 8.62. The largest absolute Gasteiger partial charge is 0.352 e. The number of carbonyl (C=O) groups excluding carboxylic acids is 2. The number of hydrogen-bond acceptors (Lipinski definition) is 2. The molecule has 0 bridgehead atoms. The lowest BCUT2D eigenvalue weighted by Crippen LogP contribution is -2.42. The molecule has 1 aliphatic heterocycles. The summed E-state index contributed by atoms with van der Waals surface area (Å²) in [5.74, 6) is -0.409. The molecule has 1 saturated heterocycles. The zero-order chi connectivity index (χ0) is 18.2. The number of allylic oxidation sites excluding steroid dienone is 3. The van der Waals surface area contributed by atoms with Crippen LogP contribution in [-0.4, -0.2) is 29.8 Å². The van der Waals surface area contributed by atoms with Crippen LogP contribution in [0.3, 0.4) is 0 Å². The lowest BCUT2D eigenvalue weighted by molar-refractivity contribution is -0.132. The van der Waals surface area contributed by atoms with Crippen molar-refractivity contribution in [3.05, 3.63) is 59.4 Å². The minimum Gasteiger partial charge on any atom is -0.352 e. The summed E-state index contributed by atoms with van der Waals surface area (Å²) in [6, 6.07) is 4.98. The van der Waals surface area contributed by atoms with Crippen molar-refractivity contribution >= 4 is 11.8 Å². The van der Waals surface area contributed by atoms with Gasteiger partial charge in [0.05, 0.1) is 0 Å². The maximum Gasteiger partial charge on any atom is 0.246 e. The number of nitrogens with one attached hydrogen (secondary N) is 1. The predicted octanol–water partition coefficient (Wildman–Crippen LogP) is 3.12. The summed E-state index contributed by atoms with van der Waals surface area (Å²) >= 11 is 0. The van der Waals surface area contributed by atoms with Gasteiger partial charge in [-0.25, -0.2) is 4.39 Å². The first-order chi connectivity index (χ1) is 12.0. The van der Waals surface area contributed by atoms with Gasteiger partial charge in [0.25, 0.3) is 0 Å². The van der Waals surface area contributed by atoms with Crippen molar-refractivity contribution in [1.29, 1.82) is 0 Å². The second-order valence-electron chi connectivity index (χ2n) is 6.29. The van der Waals surface area contributed by atoms with E-state index in [0.717, 1.165) is 5.56 Å². The fourth-order valence-electron chi connectivity index (χ4n) is 2.80. The van der Waals surface area contributed by atoms with Crippen molar-refractivity contribution in [1.82, 2.24) is 10.2 Å². The average Bonchev–Trinajstić information content (AvgIpc) is 2.62. The highest BCUT2D eigenvalue weighted by Gasteiger charge is 2.26. The maximum atomic E-state index is 13.5. The summed E-state index contributed by atoms with van der Waals surface area (Å²) in [5.41, 5.74) is 1.34. The van der Waals surface area contributed by atoms with Gasteiger partial charge in [-0.15, -0.1) is 0 Å². The van der Waals surface area contributed by atoms with E-state index in [4.69, 9.17) is 0 Å². The molecule has 1 N–H and O–H groups in total. The molecule has 2 amide bonds. The molecule has 5 heteroatoms. The van der Waals surface area contributed by atoms with Crippen molar-refractivity contribution in [3.8, 4) is 0 Å². The van der Waals surface area contributed by atoms with Crippen LogP contribution >= 0.6 is 0 Å². The normalized spacial score (nSPS) is 15.9. The van der Waals surface area contributed by atoms with Crippen LogP contribution < -0.4 is 5.32 Å². The van der Waals surface area contributed by atoms with E-state index in [1.165, 1.54) is 6.07 Å². The number of likely N-dealkylation sites (tertiary alicyclic amines) is 1. The van der Waals surface area contributed by atoms with Crippen LogP contribution in [0, 0.1) is 18.7 Å². The minimum atomic E-state index is -0.260. The SMILES string of the molecule is CC=CC=CC(=O)N1CCC(C(=O)NCc2ccc(C)c(F)c2)CC1. The molecule has 0 atom stereocenters. The monoisotopic (exact) mass is 344 g/mol. The molecule has 1 aromatic rings. The third-order valence-electron chi connectivity index (χ3n) is 4.42. The lowest BCUT2D eigenvalue weighted by Gasteiger charge is -2.30. The molecule has 0 aliphatic carbocycles. The van der Waals surface area contributed by atoms with Crippen LogP contribution in [-0.2, 0) is 16.1 Å². The van der Waals surface area contributed by atoms with Crippen molar-refractivity contribution in [2.75, 3.05) is 13.1 Å². The zero-order valence-electron chi connectivity index (χ0n) is 14.8. The van der Waals surface area contributed by atoms with Gasteiger partial charge in [-0.3, -0.25) is 9.59 Å². The molecule has 2 rings (SSSR count). The number of piperidine rings is 1. The van der Waals surface area contributed by atoms with E-state index in [1.807, 2.05) is 25.1 Å². The van der Waals surface area contributed by atoms with Crippen molar-refractivity contribution in [2.24, 2.45) is 5.92 Å². The van der Waals surface area contributed by atoms with Gasteiger partial charge < -0.3 is 10.2 Å². The van der Waals surface area contributed by atoms with Crippen LogP contribution in [0.15, 0.2) is 42.5 Å². The number of aryl methyl sites for hydroxylation is 1. The molecule has 1 fully saturated rings. The van der Waals surface area contributed by atoms with Crippen LogP contribution in [0.5, 0.6) is 0 Å². The third-order valence-corrected chi connectivity index (χ3v) is 4.42. The molecule has 0 saturated carbocycles. The van der Waals surface area contributed by atoms with Gasteiger partial charge in [-0.1, -0.05) is 30.4 Å². The second kappa shape index (κ2) is 9.16. The quantitative estimate of drug-likeness (QED) is 0.659. The Bertz CT molecular complexity index is 674. The van der Waals surface area contributed by atoms with Gasteiger partial charge in [-0.05, 0) is 43.9 Å². The van der Waals surface area contributed by atoms with Crippen molar-refractivity contribution in [3.63, 3.8) is 0 Å². The highest BCUT2D eigenvalue weighted by atomic mass is 19.1. The smallest absolute Gasteiger partial charge is 0.246 e. The molecule has 1 heterocycles. The van der Waals surface area contributed by atoms with E-state index in [9.17, 15) is 14.0 Å². The van der Waals surface area contributed by atoms with Crippen LogP contribution in [0.1, 0.15) is 30.9 Å². The number of benzene rings is 1. The molecule has 0 unspecified atom stereocenters. The van der Waals surface area contributed by atoms with Crippen molar-refractivity contribution in [2.45, 2.75) is 33.2 Å². The molecular weight excluding hydrogens is 319 g/mol. The fourth-order valence-corrected chi connectivity index (χ4v) is 2.80. The topological polar surface area (TPSA) is 49.4 Å². The first kappa shape index (κ1) is 18.9. The summed E-state index contributed by atoms with van der Waals surface area (Å²) in [6.07, 6.45) is 8.25. The number of amides is 2. The Balaban J connectivity index is 1.79. The molecule has 134 valence electrons. The highest BCUT2D eigenvalue weighted by molar-refractivity contribution is 5.88. The first-order valence-electron chi connectivity index (χ1n) is 8.62. The highest BCUT2D eigenvalue weighted by Crippen LogP contribution is 2.18. The summed E-state index contributed by atoms with van der Waals surface area (Å²) < 4.78 is 13.5. The number of rotatable bonds is 5. The predicted molar refractivity (Wildman–Crippen MR) is 96.2 cm³/mol. The van der Waals surface area contributed by atoms with E-state index in [1.54, 1.807) is 30.0 Å². The number of carbonyl (C=O) groups is 2. The van der Waals surface area contributed by atoms with Gasteiger partial charge in [0.2, 0.25) is 11.8 Å². The summed E-state index contributed by atoms with van der Waals surface area (Å²) in [6.45, 7) is 5.08. The Labute approximate surface area is 148 Å². The van der Waals surface area contributed by atoms with E-state index < -0.39 is 0 Å². The minimum absolute atomic E-state index is 0.0212. The number of nitrogens with zero attached hydrogens (tertiary/aromatic N) is 1. The van der Waals surface area contributed by atoms with Gasteiger partial charge in [0.1, 0.15) is 5.82 Å². The Morgan fingerprint density at radius 1 is 1.28 bits per heavy atom. The Morgan fingerprint density at radius 3 is 2.64 bits per heavy atom.